The fourth-order valence-electron chi connectivity index (χ4n) is 1.43. The van der Waals surface area contributed by atoms with Crippen LogP contribution in [-0.4, -0.2) is 34.6 Å². The van der Waals surface area contributed by atoms with E-state index in [1.54, 1.807) is 6.20 Å². The third kappa shape index (κ3) is 5.26. The highest BCUT2D eigenvalue weighted by Crippen LogP contribution is 2.11. The van der Waals surface area contributed by atoms with E-state index in [9.17, 15) is 0 Å². The highest BCUT2D eigenvalue weighted by molar-refractivity contribution is 7.98. The first-order chi connectivity index (χ1) is 8.30. The predicted molar refractivity (Wildman–Crippen MR) is 76.9 cm³/mol. The van der Waals surface area contributed by atoms with E-state index in [2.05, 4.69) is 40.7 Å². The molecule has 0 aliphatic heterocycles. The first kappa shape index (κ1) is 14.1. The molecule has 1 atom stereocenters. The summed E-state index contributed by atoms with van der Waals surface area (Å²) in [6.45, 7) is 5.22. The van der Waals surface area contributed by atoms with Crippen molar-refractivity contribution in [2.75, 3.05) is 29.2 Å². The molecule has 17 heavy (non-hydrogen) atoms. The van der Waals surface area contributed by atoms with Gasteiger partial charge >= 0.3 is 0 Å². The van der Waals surface area contributed by atoms with Crippen molar-refractivity contribution in [3.63, 3.8) is 0 Å². The molecule has 1 aromatic rings. The highest BCUT2D eigenvalue weighted by atomic mass is 32.2. The van der Waals surface area contributed by atoms with Crippen LogP contribution in [0.3, 0.4) is 0 Å². The number of hydrogen-bond acceptors (Lipinski definition) is 5. The van der Waals surface area contributed by atoms with Crippen molar-refractivity contribution in [3.8, 4) is 0 Å². The number of anilines is 2. The second kappa shape index (κ2) is 8.17. The van der Waals surface area contributed by atoms with Crippen LogP contribution in [0.2, 0.25) is 0 Å². The van der Waals surface area contributed by atoms with Crippen LogP contribution >= 0.6 is 11.8 Å². The van der Waals surface area contributed by atoms with Crippen LogP contribution < -0.4 is 10.6 Å². The minimum Gasteiger partial charge on any atom is -0.366 e. The second-order valence-electron chi connectivity index (χ2n) is 3.90. The SMILES string of the molecule is CCCNc1nccc(NC(CC)CSC)n1. The summed E-state index contributed by atoms with van der Waals surface area (Å²) in [4.78, 5) is 8.63. The van der Waals surface area contributed by atoms with Gasteiger partial charge < -0.3 is 10.6 Å². The molecule has 1 aromatic heterocycles. The van der Waals surface area contributed by atoms with Crippen LogP contribution in [0, 0.1) is 0 Å². The number of thioether (sulfide) groups is 1. The Morgan fingerprint density at radius 3 is 2.88 bits per heavy atom. The van der Waals surface area contributed by atoms with Gasteiger partial charge in [-0.1, -0.05) is 13.8 Å². The van der Waals surface area contributed by atoms with Gasteiger partial charge in [0.25, 0.3) is 0 Å². The fraction of sp³-hybridized carbons (Fsp3) is 0.667. The molecule has 5 heteroatoms. The van der Waals surface area contributed by atoms with E-state index in [0.29, 0.717) is 12.0 Å². The van der Waals surface area contributed by atoms with Gasteiger partial charge in [-0.2, -0.15) is 16.7 Å². The number of hydrogen-bond donors (Lipinski definition) is 2. The summed E-state index contributed by atoms with van der Waals surface area (Å²) in [6.07, 6.45) is 6.09. The smallest absolute Gasteiger partial charge is 0.224 e. The van der Waals surface area contributed by atoms with Gasteiger partial charge in [-0.05, 0) is 25.2 Å². The summed E-state index contributed by atoms with van der Waals surface area (Å²) in [6, 6.07) is 2.39. The van der Waals surface area contributed by atoms with E-state index >= 15 is 0 Å². The van der Waals surface area contributed by atoms with Crippen molar-refractivity contribution in [2.45, 2.75) is 32.7 Å². The lowest BCUT2D eigenvalue weighted by atomic mass is 10.2. The van der Waals surface area contributed by atoms with E-state index in [0.717, 1.165) is 31.0 Å². The van der Waals surface area contributed by atoms with Crippen LogP contribution in [0.15, 0.2) is 12.3 Å². The Balaban J connectivity index is 2.57. The zero-order valence-corrected chi connectivity index (χ0v) is 11.7. The van der Waals surface area contributed by atoms with Gasteiger partial charge in [0.15, 0.2) is 0 Å². The monoisotopic (exact) mass is 254 g/mol. The Morgan fingerprint density at radius 1 is 1.41 bits per heavy atom. The molecule has 0 saturated heterocycles. The topological polar surface area (TPSA) is 49.8 Å². The van der Waals surface area contributed by atoms with Gasteiger partial charge in [0, 0.05) is 24.5 Å². The van der Waals surface area contributed by atoms with Crippen molar-refractivity contribution < 1.29 is 0 Å². The summed E-state index contributed by atoms with van der Waals surface area (Å²) < 4.78 is 0. The molecule has 0 aromatic carbocycles. The molecule has 0 aliphatic rings. The second-order valence-corrected chi connectivity index (χ2v) is 4.81. The van der Waals surface area contributed by atoms with E-state index < -0.39 is 0 Å². The number of nitrogens with one attached hydrogen (secondary N) is 2. The molecule has 0 saturated carbocycles. The molecule has 0 bridgehead atoms. The molecule has 0 fully saturated rings. The molecule has 1 heterocycles. The Morgan fingerprint density at radius 2 is 2.24 bits per heavy atom. The Hall–Kier alpha value is -0.970. The van der Waals surface area contributed by atoms with Crippen LogP contribution in [-0.2, 0) is 0 Å². The molecule has 2 N–H and O–H groups in total. The predicted octanol–water partition coefficient (Wildman–Crippen LogP) is 2.85. The third-order valence-electron chi connectivity index (χ3n) is 2.40. The maximum absolute atomic E-state index is 4.44. The molecule has 96 valence electrons. The maximum Gasteiger partial charge on any atom is 0.224 e. The molecule has 1 unspecified atom stereocenters. The van der Waals surface area contributed by atoms with Crippen LogP contribution in [0.25, 0.3) is 0 Å². The zero-order valence-electron chi connectivity index (χ0n) is 10.9. The van der Waals surface area contributed by atoms with Gasteiger partial charge in [0.05, 0.1) is 0 Å². The Labute approximate surface area is 108 Å². The van der Waals surface area contributed by atoms with Gasteiger partial charge in [-0.15, -0.1) is 0 Å². The van der Waals surface area contributed by atoms with E-state index in [1.165, 1.54) is 0 Å². The Kier molecular flexibility index (Phi) is 6.77. The van der Waals surface area contributed by atoms with E-state index in [-0.39, 0.29) is 0 Å². The third-order valence-corrected chi connectivity index (χ3v) is 3.14. The van der Waals surface area contributed by atoms with Gasteiger partial charge in [0.1, 0.15) is 5.82 Å². The highest BCUT2D eigenvalue weighted by Gasteiger charge is 2.06. The summed E-state index contributed by atoms with van der Waals surface area (Å²) in [5, 5.41) is 6.63. The normalized spacial score (nSPS) is 12.2. The quantitative estimate of drug-likeness (QED) is 0.747. The minimum atomic E-state index is 0.471. The number of rotatable bonds is 8. The van der Waals surface area contributed by atoms with Gasteiger partial charge in [-0.25, -0.2) is 4.98 Å². The van der Waals surface area contributed by atoms with Crippen molar-refractivity contribution in [3.05, 3.63) is 12.3 Å². The van der Waals surface area contributed by atoms with Crippen LogP contribution in [0.1, 0.15) is 26.7 Å². The summed E-state index contributed by atoms with van der Waals surface area (Å²) >= 11 is 1.85. The first-order valence-corrected chi connectivity index (χ1v) is 7.51. The largest absolute Gasteiger partial charge is 0.366 e. The lowest BCUT2D eigenvalue weighted by Gasteiger charge is -2.16. The maximum atomic E-state index is 4.44. The minimum absolute atomic E-state index is 0.471. The van der Waals surface area contributed by atoms with Crippen molar-refractivity contribution in [1.82, 2.24) is 9.97 Å². The first-order valence-electron chi connectivity index (χ1n) is 6.12. The molecule has 4 nitrogen and oxygen atoms in total. The number of aromatic nitrogens is 2. The molecule has 0 spiro atoms. The van der Waals surface area contributed by atoms with Crippen LogP contribution in [0.5, 0.6) is 0 Å². The van der Waals surface area contributed by atoms with Crippen LogP contribution in [0.4, 0.5) is 11.8 Å². The zero-order chi connectivity index (χ0) is 12.5. The molecular weight excluding hydrogens is 232 g/mol. The molecular formula is C12H22N4S. The molecule has 0 radical (unpaired) electrons. The van der Waals surface area contributed by atoms with E-state index in [1.807, 2.05) is 17.8 Å². The molecule has 0 amide bonds. The van der Waals surface area contributed by atoms with Gasteiger partial charge in [0.2, 0.25) is 5.95 Å². The summed E-state index contributed by atoms with van der Waals surface area (Å²) in [5.41, 5.74) is 0. The molecule has 1 rings (SSSR count). The lowest BCUT2D eigenvalue weighted by Crippen LogP contribution is -2.22. The van der Waals surface area contributed by atoms with Gasteiger partial charge in [-0.3, -0.25) is 0 Å². The Bertz CT molecular complexity index is 319. The van der Waals surface area contributed by atoms with Crippen molar-refractivity contribution >= 4 is 23.5 Å². The average molecular weight is 254 g/mol. The average Bonchev–Trinajstić information content (AvgIpc) is 2.36. The summed E-state index contributed by atoms with van der Waals surface area (Å²) in [7, 11) is 0. The lowest BCUT2D eigenvalue weighted by molar-refractivity contribution is 0.769. The number of nitrogens with zero attached hydrogens (tertiary/aromatic N) is 2. The fourth-order valence-corrected chi connectivity index (χ4v) is 2.15. The molecule has 0 aliphatic carbocycles. The van der Waals surface area contributed by atoms with E-state index in [4.69, 9.17) is 0 Å². The van der Waals surface area contributed by atoms with Crippen molar-refractivity contribution in [1.29, 1.82) is 0 Å². The standard InChI is InChI=1S/C12H22N4S/c1-4-7-13-12-14-8-6-11(16-12)15-10(5-2)9-17-3/h6,8,10H,4-5,7,9H2,1-3H3,(H2,13,14,15,16). The van der Waals surface area contributed by atoms with Crippen molar-refractivity contribution in [2.24, 2.45) is 0 Å². The summed E-state index contributed by atoms with van der Waals surface area (Å²) in [5.74, 6) is 2.70.